The number of aromatic amines is 1. The van der Waals surface area contributed by atoms with Gasteiger partial charge in [-0.05, 0) is 30.7 Å². The van der Waals surface area contributed by atoms with Gasteiger partial charge in [-0.2, -0.15) is 5.10 Å². The second kappa shape index (κ2) is 13.6. The molecule has 0 atom stereocenters. The first-order valence-corrected chi connectivity index (χ1v) is 14.0. The fourth-order valence-electron chi connectivity index (χ4n) is 5.17. The van der Waals surface area contributed by atoms with Gasteiger partial charge in [0, 0.05) is 68.3 Å². The molecule has 0 spiro atoms. The summed E-state index contributed by atoms with van der Waals surface area (Å²) in [6, 6.07) is 11.7. The van der Waals surface area contributed by atoms with Crippen molar-refractivity contribution in [3.63, 3.8) is 0 Å². The van der Waals surface area contributed by atoms with E-state index in [9.17, 15) is 9.18 Å². The number of aliphatic hydroxyl groups excluding tert-OH is 1. The molecule has 0 aliphatic carbocycles. The number of β-amino-alcohol motifs (C(OH)–C–C–N with tert-alkyl or cyclic N) is 1. The number of carbonyl (C=O) groups is 1. The van der Waals surface area contributed by atoms with E-state index in [0.717, 1.165) is 56.9 Å². The fraction of sp³-hybridized carbons (Fsp3) is 0.414. The number of nitrogens with one attached hydrogen (secondary N) is 2. The zero-order chi connectivity index (χ0) is 29.5. The highest BCUT2D eigenvalue weighted by Crippen LogP contribution is 2.38. The van der Waals surface area contributed by atoms with Crippen LogP contribution in [-0.4, -0.2) is 103 Å². The third-order valence-electron chi connectivity index (χ3n) is 7.31. The molecular formula is C29H37FN8O4. The molecule has 3 heterocycles. The number of piperazine rings is 1. The summed E-state index contributed by atoms with van der Waals surface area (Å²) in [5.74, 6) is 1.18. The highest BCUT2D eigenvalue weighted by Gasteiger charge is 2.27. The lowest BCUT2D eigenvalue weighted by Gasteiger charge is -2.34. The van der Waals surface area contributed by atoms with E-state index in [1.807, 2.05) is 17.0 Å². The van der Waals surface area contributed by atoms with Gasteiger partial charge >= 0.3 is 0 Å². The minimum atomic E-state index is -0.482. The Balaban J connectivity index is 1.35. The Bertz CT molecular complexity index is 1410. The number of primary amides is 1. The summed E-state index contributed by atoms with van der Waals surface area (Å²) in [4.78, 5) is 22.7. The SMILES string of the molecule is COc1cc2c(cc1OCCCN1CCN(CCO)CC1)NCN(c1cccc(F)c1)C2=Nc1cc(CC(N)=O)[nH]n1. The smallest absolute Gasteiger partial charge is 0.223 e. The van der Waals surface area contributed by atoms with Gasteiger partial charge in [0.1, 0.15) is 11.7 Å². The van der Waals surface area contributed by atoms with Crippen LogP contribution >= 0.6 is 0 Å². The van der Waals surface area contributed by atoms with Gasteiger partial charge in [0.15, 0.2) is 17.3 Å². The van der Waals surface area contributed by atoms with Crippen LogP contribution in [-0.2, 0) is 11.2 Å². The third kappa shape index (κ3) is 7.16. The summed E-state index contributed by atoms with van der Waals surface area (Å²) in [5, 5.41) is 19.6. The van der Waals surface area contributed by atoms with Gasteiger partial charge in [-0.1, -0.05) is 6.07 Å². The number of hydrogen-bond donors (Lipinski definition) is 4. The predicted molar refractivity (Wildman–Crippen MR) is 158 cm³/mol. The lowest BCUT2D eigenvalue weighted by molar-refractivity contribution is -0.117. The van der Waals surface area contributed by atoms with Crippen LogP contribution in [0.3, 0.4) is 0 Å². The van der Waals surface area contributed by atoms with Crippen LogP contribution in [0.2, 0.25) is 0 Å². The van der Waals surface area contributed by atoms with E-state index >= 15 is 0 Å². The Morgan fingerprint density at radius 3 is 2.62 bits per heavy atom. The number of carbonyl (C=O) groups excluding carboxylic acids is 1. The number of benzene rings is 2. The minimum Gasteiger partial charge on any atom is -0.493 e. The Labute approximate surface area is 243 Å². The van der Waals surface area contributed by atoms with Crippen molar-refractivity contribution in [2.45, 2.75) is 12.8 Å². The van der Waals surface area contributed by atoms with Crippen molar-refractivity contribution >= 4 is 28.9 Å². The molecule has 13 heteroatoms. The van der Waals surface area contributed by atoms with Gasteiger partial charge in [-0.15, -0.1) is 0 Å². The van der Waals surface area contributed by atoms with Gasteiger partial charge in [0.05, 0.1) is 39.1 Å². The van der Waals surface area contributed by atoms with Crippen molar-refractivity contribution in [1.82, 2.24) is 20.0 Å². The molecule has 5 N–H and O–H groups in total. The van der Waals surface area contributed by atoms with E-state index in [2.05, 4.69) is 25.3 Å². The normalized spacial score (nSPS) is 16.7. The first-order chi connectivity index (χ1) is 20.4. The van der Waals surface area contributed by atoms with Crippen molar-refractivity contribution in [2.75, 3.05) is 76.5 Å². The number of aliphatic hydroxyl groups is 1. The van der Waals surface area contributed by atoms with Gasteiger partial charge in [0.2, 0.25) is 5.91 Å². The van der Waals surface area contributed by atoms with Crippen LogP contribution in [0.5, 0.6) is 11.5 Å². The van der Waals surface area contributed by atoms with Crippen LogP contribution in [0.4, 0.5) is 21.6 Å². The molecule has 42 heavy (non-hydrogen) atoms. The van der Waals surface area contributed by atoms with E-state index in [1.54, 1.807) is 25.3 Å². The van der Waals surface area contributed by atoms with Crippen molar-refractivity contribution in [3.05, 3.63) is 59.5 Å². The molecule has 1 aromatic heterocycles. The number of nitrogens with zero attached hydrogens (tertiary/aromatic N) is 5. The zero-order valence-corrected chi connectivity index (χ0v) is 23.7. The van der Waals surface area contributed by atoms with Gasteiger partial charge in [-0.3, -0.25) is 14.8 Å². The molecule has 2 aromatic carbocycles. The van der Waals surface area contributed by atoms with E-state index in [-0.39, 0.29) is 18.8 Å². The number of methoxy groups -OCH3 is 1. The lowest BCUT2D eigenvalue weighted by atomic mass is 10.1. The number of ether oxygens (including phenoxy) is 2. The maximum atomic E-state index is 14.2. The van der Waals surface area contributed by atoms with E-state index in [1.165, 1.54) is 12.1 Å². The van der Waals surface area contributed by atoms with Crippen LogP contribution in [0.15, 0.2) is 47.5 Å². The average molecular weight is 581 g/mol. The fourth-order valence-corrected chi connectivity index (χ4v) is 5.17. The van der Waals surface area contributed by atoms with Gasteiger partial charge in [-0.25, -0.2) is 9.38 Å². The quantitative estimate of drug-likeness (QED) is 0.236. The largest absolute Gasteiger partial charge is 0.493 e. The van der Waals surface area contributed by atoms with E-state index in [0.29, 0.717) is 47.8 Å². The number of rotatable bonds is 12. The Hall–Kier alpha value is -4.20. The first kappa shape index (κ1) is 29.3. The minimum absolute atomic E-state index is 0.0120. The molecule has 224 valence electrons. The molecule has 3 aromatic rings. The predicted octanol–water partition coefficient (Wildman–Crippen LogP) is 1.93. The highest BCUT2D eigenvalue weighted by molar-refractivity contribution is 6.16. The van der Waals surface area contributed by atoms with E-state index in [4.69, 9.17) is 25.3 Å². The Kier molecular flexibility index (Phi) is 9.52. The van der Waals surface area contributed by atoms with E-state index < -0.39 is 5.91 Å². The number of fused-ring (bicyclic) bond motifs is 1. The Morgan fingerprint density at radius 1 is 1.12 bits per heavy atom. The van der Waals surface area contributed by atoms with Crippen LogP contribution in [0.1, 0.15) is 17.7 Å². The second-order valence-electron chi connectivity index (χ2n) is 10.2. The number of aromatic nitrogens is 2. The third-order valence-corrected chi connectivity index (χ3v) is 7.31. The zero-order valence-electron chi connectivity index (χ0n) is 23.7. The number of anilines is 2. The molecule has 5 rings (SSSR count). The number of amides is 1. The molecule has 1 fully saturated rings. The topological polar surface area (TPSA) is 145 Å². The molecule has 12 nitrogen and oxygen atoms in total. The highest BCUT2D eigenvalue weighted by atomic mass is 19.1. The molecule has 0 unspecified atom stereocenters. The maximum absolute atomic E-state index is 14.2. The number of aliphatic imine (C=N–C) groups is 1. The van der Waals surface area contributed by atoms with Crippen LogP contribution < -0.4 is 25.4 Å². The lowest BCUT2D eigenvalue weighted by Crippen LogP contribution is -2.47. The van der Waals surface area contributed by atoms with Gasteiger partial charge in [0.25, 0.3) is 0 Å². The summed E-state index contributed by atoms with van der Waals surface area (Å²) < 4.78 is 26.1. The molecule has 0 saturated carbocycles. The van der Waals surface area contributed by atoms with Crippen molar-refractivity contribution in [2.24, 2.45) is 10.7 Å². The molecule has 1 amide bonds. The van der Waals surface area contributed by atoms with Crippen LogP contribution in [0, 0.1) is 5.82 Å². The molecule has 0 radical (unpaired) electrons. The second-order valence-corrected chi connectivity index (χ2v) is 10.2. The monoisotopic (exact) mass is 580 g/mol. The van der Waals surface area contributed by atoms with Gasteiger partial charge < -0.3 is 35.4 Å². The molecule has 0 bridgehead atoms. The summed E-state index contributed by atoms with van der Waals surface area (Å²) in [7, 11) is 1.59. The standard InChI is InChI=1S/C29H37FN8O4/c1-41-25-17-23-24(18-26(25)42-13-3-6-36-7-9-37(10-8-36)11-12-39)32-19-38(22-5-2-4-20(30)14-22)29(23)33-28-16-21(34-35-28)15-27(31)40/h2,4-5,14,16-18,32,39H,3,6-13,15,19H2,1H3,(H2,31,40)(H,34,35). The van der Waals surface area contributed by atoms with Crippen molar-refractivity contribution in [3.8, 4) is 11.5 Å². The summed E-state index contributed by atoms with van der Waals surface area (Å²) in [6.45, 7) is 6.60. The molecule has 1 saturated heterocycles. The number of hydrogen-bond acceptors (Lipinski definition) is 9. The molecular weight excluding hydrogens is 543 g/mol. The van der Waals surface area contributed by atoms with Crippen LogP contribution in [0.25, 0.3) is 0 Å². The number of halogens is 1. The van der Waals surface area contributed by atoms with Crippen molar-refractivity contribution < 1.29 is 23.8 Å². The number of amidine groups is 1. The number of H-pyrrole nitrogens is 1. The Morgan fingerprint density at radius 2 is 1.90 bits per heavy atom. The number of nitrogens with two attached hydrogens (primary N) is 1. The molecule has 2 aliphatic heterocycles. The maximum Gasteiger partial charge on any atom is 0.223 e. The van der Waals surface area contributed by atoms with Crippen molar-refractivity contribution in [1.29, 1.82) is 0 Å². The first-order valence-electron chi connectivity index (χ1n) is 14.0. The summed E-state index contributed by atoms with van der Waals surface area (Å²) in [6.07, 6.45) is 0.874. The average Bonchev–Trinajstić information content (AvgIpc) is 3.42. The summed E-state index contributed by atoms with van der Waals surface area (Å²) >= 11 is 0. The molecule has 2 aliphatic rings. The summed E-state index contributed by atoms with van der Waals surface area (Å²) in [5.41, 5.74) is 7.98.